The second-order valence-corrected chi connectivity index (χ2v) is 4.54. The standard InChI is InChI=1S/C14H17FN2O/c1-10-7-14(17(2)16-10)8-12(9-18)11-3-5-13(15)6-4-11/h3-7,12,18H,8-9H2,1-2H3. The van der Waals surface area contributed by atoms with Crippen molar-refractivity contribution in [1.29, 1.82) is 0 Å². The average molecular weight is 248 g/mol. The van der Waals surface area contributed by atoms with Gasteiger partial charge in [-0.2, -0.15) is 5.10 Å². The van der Waals surface area contributed by atoms with Crippen LogP contribution in [0.15, 0.2) is 30.3 Å². The second-order valence-electron chi connectivity index (χ2n) is 4.54. The Hall–Kier alpha value is -1.68. The van der Waals surface area contributed by atoms with E-state index < -0.39 is 0 Å². The quantitative estimate of drug-likeness (QED) is 0.900. The van der Waals surface area contributed by atoms with Crippen molar-refractivity contribution >= 4 is 0 Å². The summed E-state index contributed by atoms with van der Waals surface area (Å²) in [7, 11) is 1.89. The molecule has 0 fully saturated rings. The Kier molecular flexibility index (Phi) is 3.77. The molecule has 1 aromatic carbocycles. The largest absolute Gasteiger partial charge is 0.396 e. The van der Waals surface area contributed by atoms with Crippen LogP contribution in [0.2, 0.25) is 0 Å². The molecule has 0 spiro atoms. The summed E-state index contributed by atoms with van der Waals surface area (Å²) < 4.78 is 14.7. The Balaban J connectivity index is 2.19. The summed E-state index contributed by atoms with van der Waals surface area (Å²) in [6.45, 7) is 1.98. The van der Waals surface area contributed by atoms with E-state index >= 15 is 0 Å². The Morgan fingerprint density at radius 2 is 2.00 bits per heavy atom. The van der Waals surface area contributed by atoms with Crippen LogP contribution in [-0.2, 0) is 13.5 Å². The number of rotatable bonds is 4. The van der Waals surface area contributed by atoms with E-state index in [9.17, 15) is 9.50 Å². The van der Waals surface area contributed by atoms with Gasteiger partial charge in [0.2, 0.25) is 0 Å². The van der Waals surface area contributed by atoms with Crippen LogP contribution < -0.4 is 0 Å². The van der Waals surface area contributed by atoms with Crippen molar-refractivity contribution < 1.29 is 9.50 Å². The van der Waals surface area contributed by atoms with Gasteiger partial charge in [-0.05, 0) is 37.1 Å². The molecule has 1 atom stereocenters. The predicted molar refractivity (Wildman–Crippen MR) is 67.9 cm³/mol. The number of aliphatic hydroxyl groups excluding tert-OH is 1. The van der Waals surface area contributed by atoms with Crippen molar-refractivity contribution in [3.05, 3.63) is 53.1 Å². The number of hydrogen-bond donors (Lipinski definition) is 1. The number of hydrogen-bond acceptors (Lipinski definition) is 2. The highest BCUT2D eigenvalue weighted by Gasteiger charge is 2.14. The van der Waals surface area contributed by atoms with E-state index in [-0.39, 0.29) is 18.3 Å². The van der Waals surface area contributed by atoms with Crippen molar-refractivity contribution in [2.75, 3.05) is 6.61 Å². The average Bonchev–Trinajstić information content (AvgIpc) is 2.66. The lowest BCUT2D eigenvalue weighted by Gasteiger charge is -2.14. The van der Waals surface area contributed by atoms with Crippen LogP contribution in [0, 0.1) is 12.7 Å². The third-order valence-electron chi connectivity index (χ3n) is 3.12. The molecule has 2 aromatic rings. The molecule has 1 N–H and O–H groups in total. The number of halogens is 1. The first-order valence-corrected chi connectivity index (χ1v) is 5.96. The van der Waals surface area contributed by atoms with Crippen molar-refractivity contribution in [1.82, 2.24) is 9.78 Å². The molecule has 1 aromatic heterocycles. The molecule has 0 bridgehead atoms. The van der Waals surface area contributed by atoms with Gasteiger partial charge in [-0.1, -0.05) is 12.1 Å². The van der Waals surface area contributed by atoms with Gasteiger partial charge in [-0.15, -0.1) is 0 Å². The lowest BCUT2D eigenvalue weighted by Crippen LogP contribution is -2.10. The molecule has 1 unspecified atom stereocenters. The third kappa shape index (κ3) is 2.76. The normalized spacial score (nSPS) is 12.7. The number of nitrogens with zero attached hydrogens (tertiary/aromatic N) is 2. The molecule has 1 heterocycles. The first kappa shape index (κ1) is 12.8. The zero-order valence-corrected chi connectivity index (χ0v) is 10.6. The monoisotopic (exact) mass is 248 g/mol. The minimum Gasteiger partial charge on any atom is -0.396 e. The van der Waals surface area contributed by atoms with E-state index in [2.05, 4.69) is 5.10 Å². The highest BCUT2D eigenvalue weighted by molar-refractivity contribution is 5.23. The number of aryl methyl sites for hydroxylation is 2. The third-order valence-corrected chi connectivity index (χ3v) is 3.12. The first-order valence-electron chi connectivity index (χ1n) is 5.96. The molecule has 0 aliphatic rings. The maximum absolute atomic E-state index is 12.9. The van der Waals surface area contributed by atoms with Gasteiger partial charge < -0.3 is 5.11 Å². The van der Waals surface area contributed by atoms with Crippen LogP contribution in [0.25, 0.3) is 0 Å². The topological polar surface area (TPSA) is 38.0 Å². The summed E-state index contributed by atoms with van der Waals surface area (Å²) in [6.07, 6.45) is 0.694. The van der Waals surface area contributed by atoms with Crippen molar-refractivity contribution in [3.8, 4) is 0 Å². The van der Waals surface area contributed by atoms with Gasteiger partial charge in [0.15, 0.2) is 0 Å². The molecule has 3 nitrogen and oxygen atoms in total. The van der Waals surface area contributed by atoms with Gasteiger partial charge in [0.25, 0.3) is 0 Å². The summed E-state index contributed by atoms with van der Waals surface area (Å²) in [5.74, 6) is -0.285. The molecule has 96 valence electrons. The summed E-state index contributed by atoms with van der Waals surface area (Å²) >= 11 is 0. The maximum atomic E-state index is 12.9. The summed E-state index contributed by atoms with van der Waals surface area (Å²) in [5.41, 5.74) is 2.97. The van der Waals surface area contributed by atoms with Gasteiger partial charge in [-0.25, -0.2) is 4.39 Å². The lowest BCUT2D eigenvalue weighted by molar-refractivity contribution is 0.263. The summed E-state index contributed by atoms with van der Waals surface area (Å²) in [4.78, 5) is 0. The highest BCUT2D eigenvalue weighted by atomic mass is 19.1. The van der Waals surface area contributed by atoms with Gasteiger partial charge in [0, 0.05) is 18.7 Å². The maximum Gasteiger partial charge on any atom is 0.123 e. The van der Waals surface area contributed by atoms with Crippen molar-refractivity contribution in [2.24, 2.45) is 7.05 Å². The molecule has 0 aliphatic carbocycles. The van der Waals surface area contributed by atoms with Crippen LogP contribution in [0.4, 0.5) is 4.39 Å². The minimum atomic E-state index is -0.258. The fourth-order valence-corrected chi connectivity index (χ4v) is 2.13. The lowest BCUT2D eigenvalue weighted by atomic mass is 9.95. The zero-order valence-electron chi connectivity index (χ0n) is 10.6. The Morgan fingerprint density at radius 1 is 1.33 bits per heavy atom. The Bertz CT molecular complexity index is 519. The van der Waals surface area contributed by atoms with Gasteiger partial charge >= 0.3 is 0 Å². The van der Waals surface area contributed by atoms with Crippen molar-refractivity contribution in [2.45, 2.75) is 19.3 Å². The predicted octanol–water partition coefficient (Wildman–Crippen LogP) is 2.19. The SMILES string of the molecule is Cc1cc(CC(CO)c2ccc(F)cc2)n(C)n1. The number of benzene rings is 1. The molecule has 4 heteroatoms. The van der Waals surface area contributed by atoms with Crippen LogP contribution in [0.3, 0.4) is 0 Å². The fraction of sp³-hybridized carbons (Fsp3) is 0.357. The molecule has 0 saturated heterocycles. The molecule has 0 aliphatic heterocycles. The summed E-state index contributed by atoms with van der Waals surface area (Å²) in [6, 6.07) is 8.30. The smallest absolute Gasteiger partial charge is 0.123 e. The van der Waals surface area contributed by atoms with Crippen LogP contribution >= 0.6 is 0 Å². The van der Waals surface area contributed by atoms with E-state index in [1.807, 2.05) is 24.7 Å². The first-order chi connectivity index (χ1) is 8.60. The highest BCUT2D eigenvalue weighted by Crippen LogP contribution is 2.21. The van der Waals surface area contributed by atoms with Crippen LogP contribution in [0.1, 0.15) is 22.9 Å². The molecular weight excluding hydrogens is 231 g/mol. The summed E-state index contributed by atoms with van der Waals surface area (Å²) in [5, 5.41) is 13.8. The number of aliphatic hydroxyl groups is 1. The molecule has 0 amide bonds. The van der Waals surface area contributed by atoms with Gasteiger partial charge in [-0.3, -0.25) is 4.68 Å². The van der Waals surface area contributed by atoms with Gasteiger partial charge in [0.05, 0.1) is 12.3 Å². The Labute approximate surface area is 106 Å². The number of aromatic nitrogens is 2. The molecule has 0 saturated carbocycles. The van der Waals surface area contributed by atoms with E-state index in [1.54, 1.807) is 12.1 Å². The van der Waals surface area contributed by atoms with Crippen LogP contribution in [0.5, 0.6) is 0 Å². The van der Waals surface area contributed by atoms with E-state index in [4.69, 9.17) is 0 Å². The second kappa shape index (κ2) is 5.31. The zero-order chi connectivity index (χ0) is 13.1. The van der Waals surface area contributed by atoms with Crippen molar-refractivity contribution in [3.63, 3.8) is 0 Å². The van der Waals surface area contributed by atoms with Gasteiger partial charge in [0.1, 0.15) is 5.82 Å². The molecule has 0 radical (unpaired) electrons. The Morgan fingerprint density at radius 3 is 2.50 bits per heavy atom. The molecule has 2 rings (SSSR count). The van der Waals surface area contributed by atoms with E-state index in [1.165, 1.54) is 12.1 Å². The fourth-order valence-electron chi connectivity index (χ4n) is 2.13. The molecule has 18 heavy (non-hydrogen) atoms. The van der Waals surface area contributed by atoms with Crippen LogP contribution in [-0.4, -0.2) is 21.5 Å². The molecular formula is C14H17FN2O. The minimum absolute atomic E-state index is 0.0274. The van der Waals surface area contributed by atoms with E-state index in [0.717, 1.165) is 17.0 Å². The van der Waals surface area contributed by atoms with E-state index in [0.29, 0.717) is 6.42 Å².